The van der Waals surface area contributed by atoms with Crippen LogP contribution in [-0.4, -0.2) is 51.6 Å². The van der Waals surface area contributed by atoms with Gasteiger partial charge in [0, 0.05) is 36.2 Å². The standard InChI is InChI=1S/C19H21Cl3N2O4S2/c1-12-13(2)17(6-4-15(12)20)29(25,26)23-8-10-24(11-9-23)30(27,28)18-7-5-16(21)14(3)19(18)22/h4-7H,8-11H2,1-3H3. The van der Waals surface area contributed by atoms with Gasteiger partial charge < -0.3 is 0 Å². The fourth-order valence-electron chi connectivity index (χ4n) is 3.31. The Kier molecular flexibility index (Phi) is 6.80. The molecule has 164 valence electrons. The first kappa shape index (κ1) is 23.8. The predicted molar refractivity (Wildman–Crippen MR) is 120 cm³/mol. The molecule has 0 atom stereocenters. The first-order valence-corrected chi connectivity index (χ1v) is 13.1. The minimum atomic E-state index is -3.88. The average Bonchev–Trinajstić information content (AvgIpc) is 2.70. The van der Waals surface area contributed by atoms with E-state index in [1.165, 1.54) is 26.8 Å². The highest BCUT2D eigenvalue weighted by molar-refractivity contribution is 7.89. The summed E-state index contributed by atoms with van der Waals surface area (Å²) >= 11 is 18.3. The van der Waals surface area contributed by atoms with Gasteiger partial charge in [0.25, 0.3) is 0 Å². The molecule has 0 radical (unpaired) electrons. The molecule has 1 fully saturated rings. The fourth-order valence-corrected chi connectivity index (χ4v) is 7.42. The topological polar surface area (TPSA) is 74.8 Å². The van der Waals surface area contributed by atoms with Crippen LogP contribution >= 0.6 is 34.8 Å². The van der Waals surface area contributed by atoms with E-state index in [4.69, 9.17) is 34.8 Å². The molecule has 1 aliphatic rings. The second-order valence-corrected chi connectivity index (χ2v) is 12.1. The Morgan fingerprint density at radius 2 is 1.03 bits per heavy atom. The van der Waals surface area contributed by atoms with Crippen molar-refractivity contribution in [2.24, 2.45) is 0 Å². The van der Waals surface area contributed by atoms with E-state index >= 15 is 0 Å². The van der Waals surface area contributed by atoms with Crippen LogP contribution in [0.15, 0.2) is 34.1 Å². The monoisotopic (exact) mass is 510 g/mol. The molecule has 0 amide bonds. The molecule has 0 saturated carbocycles. The third-order valence-corrected chi connectivity index (χ3v) is 10.8. The summed E-state index contributed by atoms with van der Waals surface area (Å²) in [6.45, 7) is 5.22. The van der Waals surface area contributed by atoms with Crippen molar-refractivity contribution in [2.75, 3.05) is 26.2 Å². The zero-order valence-corrected chi connectivity index (χ0v) is 20.5. The predicted octanol–water partition coefficient (Wildman–Crippen LogP) is 4.27. The summed E-state index contributed by atoms with van der Waals surface area (Å²) in [5, 5.41) is 0.950. The summed E-state index contributed by atoms with van der Waals surface area (Å²) in [7, 11) is -7.66. The summed E-state index contributed by atoms with van der Waals surface area (Å²) in [4.78, 5) is 0.142. The van der Waals surface area contributed by atoms with Crippen molar-refractivity contribution in [1.82, 2.24) is 8.61 Å². The van der Waals surface area contributed by atoms with Crippen LogP contribution in [0.2, 0.25) is 15.1 Å². The zero-order valence-electron chi connectivity index (χ0n) is 16.6. The van der Waals surface area contributed by atoms with Crippen molar-refractivity contribution >= 4 is 54.8 Å². The first-order valence-electron chi connectivity index (χ1n) is 9.09. The minimum absolute atomic E-state index is 0.0190. The first-order chi connectivity index (χ1) is 13.9. The SMILES string of the molecule is Cc1c(Cl)ccc(S(=O)(=O)N2CCN(S(=O)(=O)c3ccc(Cl)c(C)c3Cl)CC2)c1C. The lowest BCUT2D eigenvalue weighted by atomic mass is 10.1. The Labute approximate surface area is 192 Å². The molecule has 0 aromatic heterocycles. The molecular weight excluding hydrogens is 491 g/mol. The molecule has 0 spiro atoms. The second kappa shape index (κ2) is 8.58. The van der Waals surface area contributed by atoms with E-state index < -0.39 is 20.0 Å². The van der Waals surface area contributed by atoms with Crippen LogP contribution in [0.3, 0.4) is 0 Å². The van der Waals surface area contributed by atoms with Gasteiger partial charge >= 0.3 is 0 Å². The van der Waals surface area contributed by atoms with E-state index in [0.717, 1.165) is 0 Å². The third kappa shape index (κ3) is 4.11. The lowest BCUT2D eigenvalue weighted by molar-refractivity contribution is 0.272. The maximum Gasteiger partial charge on any atom is 0.244 e. The molecular formula is C19H21Cl3N2O4S2. The largest absolute Gasteiger partial charge is 0.244 e. The molecule has 30 heavy (non-hydrogen) atoms. The van der Waals surface area contributed by atoms with Gasteiger partial charge in [-0.15, -0.1) is 0 Å². The van der Waals surface area contributed by atoms with Crippen molar-refractivity contribution < 1.29 is 16.8 Å². The molecule has 3 rings (SSSR count). The van der Waals surface area contributed by atoms with Gasteiger partial charge in [0.1, 0.15) is 4.90 Å². The lowest BCUT2D eigenvalue weighted by Gasteiger charge is -2.33. The normalized spacial score (nSPS) is 16.7. The van der Waals surface area contributed by atoms with Gasteiger partial charge in [0.15, 0.2) is 0 Å². The second-order valence-electron chi connectivity index (χ2n) is 7.09. The summed E-state index contributed by atoms with van der Waals surface area (Å²) in [6, 6.07) is 5.90. The zero-order chi connectivity index (χ0) is 22.4. The number of sulfonamides is 2. The van der Waals surface area contributed by atoms with Crippen LogP contribution in [0.25, 0.3) is 0 Å². The van der Waals surface area contributed by atoms with Gasteiger partial charge in [-0.2, -0.15) is 8.61 Å². The van der Waals surface area contributed by atoms with Gasteiger partial charge in [0.05, 0.1) is 9.92 Å². The van der Waals surface area contributed by atoms with E-state index in [2.05, 4.69) is 0 Å². The molecule has 11 heteroatoms. The van der Waals surface area contributed by atoms with Crippen LogP contribution < -0.4 is 0 Å². The number of rotatable bonds is 4. The highest BCUT2D eigenvalue weighted by atomic mass is 35.5. The molecule has 1 aliphatic heterocycles. The molecule has 2 aromatic carbocycles. The van der Waals surface area contributed by atoms with Gasteiger partial charge in [0.2, 0.25) is 20.0 Å². The van der Waals surface area contributed by atoms with E-state index in [1.54, 1.807) is 26.8 Å². The van der Waals surface area contributed by atoms with Crippen LogP contribution in [0.4, 0.5) is 0 Å². The van der Waals surface area contributed by atoms with E-state index in [1.807, 2.05) is 0 Å². The Morgan fingerprint density at radius 1 is 0.633 bits per heavy atom. The van der Waals surface area contributed by atoms with Crippen LogP contribution in [0.5, 0.6) is 0 Å². The molecule has 0 bridgehead atoms. The Balaban J connectivity index is 1.84. The summed E-state index contributed by atoms with van der Waals surface area (Å²) in [5.41, 5.74) is 1.77. The maximum atomic E-state index is 13.1. The lowest BCUT2D eigenvalue weighted by Crippen LogP contribution is -2.50. The average molecular weight is 512 g/mol. The van der Waals surface area contributed by atoms with Gasteiger partial charge in [-0.05, 0) is 61.7 Å². The van der Waals surface area contributed by atoms with E-state index in [9.17, 15) is 16.8 Å². The van der Waals surface area contributed by atoms with E-state index in [0.29, 0.717) is 26.7 Å². The summed E-state index contributed by atoms with van der Waals surface area (Å²) in [5.74, 6) is 0. The third-order valence-electron chi connectivity index (χ3n) is 5.39. The molecule has 0 N–H and O–H groups in total. The number of hydrogen-bond acceptors (Lipinski definition) is 4. The number of benzene rings is 2. The molecule has 2 aromatic rings. The highest BCUT2D eigenvalue weighted by Crippen LogP contribution is 2.33. The molecule has 1 heterocycles. The van der Waals surface area contributed by atoms with Crippen LogP contribution in [0.1, 0.15) is 16.7 Å². The van der Waals surface area contributed by atoms with Gasteiger partial charge in [-0.1, -0.05) is 34.8 Å². The Bertz CT molecular complexity index is 1110. The van der Waals surface area contributed by atoms with Crippen molar-refractivity contribution in [1.29, 1.82) is 0 Å². The van der Waals surface area contributed by atoms with Crippen molar-refractivity contribution in [2.45, 2.75) is 30.6 Å². The van der Waals surface area contributed by atoms with E-state index in [-0.39, 0.29) is 41.0 Å². The quantitative estimate of drug-likeness (QED) is 0.614. The molecule has 1 saturated heterocycles. The smallest absolute Gasteiger partial charge is 0.207 e. The number of hydrogen-bond donors (Lipinski definition) is 0. The molecule has 6 nitrogen and oxygen atoms in total. The summed E-state index contributed by atoms with van der Waals surface area (Å²) < 4.78 is 54.9. The van der Waals surface area contributed by atoms with Gasteiger partial charge in [-0.3, -0.25) is 0 Å². The Hall–Kier alpha value is -0.870. The van der Waals surface area contributed by atoms with Crippen molar-refractivity contribution in [3.05, 3.63) is 56.0 Å². The number of piperazine rings is 1. The van der Waals surface area contributed by atoms with Gasteiger partial charge in [-0.25, -0.2) is 16.8 Å². The van der Waals surface area contributed by atoms with Crippen molar-refractivity contribution in [3.63, 3.8) is 0 Å². The maximum absolute atomic E-state index is 13.1. The number of nitrogens with zero attached hydrogens (tertiary/aromatic N) is 2. The highest BCUT2D eigenvalue weighted by Gasteiger charge is 2.35. The fraction of sp³-hybridized carbons (Fsp3) is 0.368. The minimum Gasteiger partial charge on any atom is -0.207 e. The van der Waals surface area contributed by atoms with Crippen LogP contribution in [0, 0.1) is 20.8 Å². The summed E-state index contributed by atoms with van der Waals surface area (Å²) in [6.07, 6.45) is 0. The van der Waals surface area contributed by atoms with Crippen molar-refractivity contribution in [3.8, 4) is 0 Å². The molecule has 0 unspecified atom stereocenters. The molecule has 0 aliphatic carbocycles. The number of halogens is 3. The Morgan fingerprint density at radius 3 is 1.53 bits per heavy atom. The van der Waals surface area contributed by atoms with Crippen LogP contribution in [-0.2, 0) is 20.0 Å².